The fraction of sp³-hybridized carbons (Fsp3) is 0.538. The van der Waals surface area contributed by atoms with Gasteiger partial charge in [0.2, 0.25) is 5.91 Å². The topological polar surface area (TPSA) is 79.9 Å². The van der Waals surface area contributed by atoms with Gasteiger partial charge in [-0.3, -0.25) is 14.5 Å². The summed E-state index contributed by atoms with van der Waals surface area (Å²) < 4.78 is 10.5. The number of benzene rings is 1. The van der Waals surface area contributed by atoms with Crippen LogP contribution in [-0.2, 0) is 4.79 Å². The first kappa shape index (κ1) is 26.0. The molecule has 2 N–H and O–H groups in total. The highest BCUT2D eigenvalue weighted by Gasteiger charge is 2.29. The molecule has 0 radical (unpaired) electrons. The Hall–Kier alpha value is -2.58. The zero-order valence-electron chi connectivity index (χ0n) is 20.8. The van der Waals surface area contributed by atoms with Crippen molar-refractivity contribution in [2.75, 3.05) is 33.9 Å². The van der Waals surface area contributed by atoms with E-state index in [4.69, 9.17) is 9.47 Å². The van der Waals surface area contributed by atoms with Crippen LogP contribution in [0.4, 0.5) is 0 Å². The molecule has 7 nitrogen and oxygen atoms in total. The molecule has 2 aromatic rings. The van der Waals surface area contributed by atoms with Gasteiger partial charge in [0.15, 0.2) is 0 Å². The summed E-state index contributed by atoms with van der Waals surface area (Å²) >= 11 is 1.72. The van der Waals surface area contributed by atoms with Gasteiger partial charge >= 0.3 is 0 Å². The van der Waals surface area contributed by atoms with Crippen molar-refractivity contribution in [3.8, 4) is 11.5 Å². The third-order valence-corrected chi connectivity index (χ3v) is 7.42. The van der Waals surface area contributed by atoms with Crippen LogP contribution in [0.2, 0.25) is 0 Å². The second kappa shape index (κ2) is 12.2. The second-order valence-corrected chi connectivity index (χ2v) is 10.3. The molecule has 2 amide bonds. The number of hydrogen-bond donors (Lipinski definition) is 2. The van der Waals surface area contributed by atoms with Crippen molar-refractivity contribution in [1.29, 1.82) is 0 Å². The van der Waals surface area contributed by atoms with Crippen LogP contribution in [0.15, 0.2) is 35.7 Å². The summed E-state index contributed by atoms with van der Waals surface area (Å²) in [6, 6.07) is 8.65. The highest BCUT2D eigenvalue weighted by atomic mass is 32.1. The Balaban J connectivity index is 1.68. The second-order valence-electron chi connectivity index (χ2n) is 9.29. The SMILES string of the molecule is COc1cc(OC)cc(C(=O)N[C@@H](C(=O)NC[C@@H](c2cccs2)N2CCC(C)CC2)C(C)C)c1. The predicted molar refractivity (Wildman–Crippen MR) is 136 cm³/mol. The average Bonchev–Trinajstić information content (AvgIpc) is 3.37. The van der Waals surface area contributed by atoms with Gasteiger partial charge < -0.3 is 20.1 Å². The maximum absolute atomic E-state index is 13.2. The first-order valence-electron chi connectivity index (χ1n) is 11.9. The first-order chi connectivity index (χ1) is 16.3. The molecule has 186 valence electrons. The number of piperidine rings is 1. The fourth-order valence-corrected chi connectivity index (χ4v) is 5.10. The average molecular weight is 488 g/mol. The first-order valence-corrected chi connectivity index (χ1v) is 12.8. The Morgan fingerprint density at radius 1 is 1.12 bits per heavy atom. The van der Waals surface area contributed by atoms with Crippen LogP contribution < -0.4 is 20.1 Å². The summed E-state index contributed by atoms with van der Waals surface area (Å²) in [7, 11) is 3.07. The van der Waals surface area contributed by atoms with E-state index < -0.39 is 6.04 Å². The number of likely N-dealkylation sites (tertiary alicyclic amines) is 1. The van der Waals surface area contributed by atoms with Gasteiger partial charge in [-0.1, -0.05) is 26.8 Å². The number of rotatable bonds is 10. The molecule has 1 saturated heterocycles. The van der Waals surface area contributed by atoms with Crippen LogP contribution in [0, 0.1) is 11.8 Å². The Bertz CT molecular complexity index is 917. The quantitative estimate of drug-likeness (QED) is 0.527. The Morgan fingerprint density at radius 2 is 1.76 bits per heavy atom. The lowest BCUT2D eigenvalue weighted by molar-refractivity contribution is -0.124. The summed E-state index contributed by atoms with van der Waals surface area (Å²) in [5.74, 6) is 1.18. The van der Waals surface area contributed by atoms with E-state index in [0.29, 0.717) is 23.6 Å². The van der Waals surface area contributed by atoms with Gasteiger partial charge in [0.1, 0.15) is 17.5 Å². The van der Waals surface area contributed by atoms with E-state index >= 15 is 0 Å². The maximum atomic E-state index is 13.2. The monoisotopic (exact) mass is 487 g/mol. The molecular formula is C26H37N3O4S. The lowest BCUT2D eigenvalue weighted by Crippen LogP contribution is -2.51. The van der Waals surface area contributed by atoms with Crippen LogP contribution in [0.25, 0.3) is 0 Å². The molecule has 1 aliphatic heterocycles. The van der Waals surface area contributed by atoms with Crippen LogP contribution in [0.1, 0.15) is 54.9 Å². The molecule has 2 heterocycles. The lowest BCUT2D eigenvalue weighted by atomic mass is 9.97. The number of nitrogens with one attached hydrogen (secondary N) is 2. The molecule has 1 aromatic carbocycles. The highest BCUT2D eigenvalue weighted by molar-refractivity contribution is 7.10. The van der Waals surface area contributed by atoms with E-state index in [0.717, 1.165) is 19.0 Å². The summed E-state index contributed by atoms with van der Waals surface area (Å²) in [5, 5.41) is 8.11. The molecular weight excluding hydrogens is 450 g/mol. The summed E-state index contributed by atoms with van der Waals surface area (Å²) in [5.41, 5.74) is 0.383. The minimum Gasteiger partial charge on any atom is -0.497 e. The number of amides is 2. The van der Waals surface area contributed by atoms with Crippen LogP contribution >= 0.6 is 11.3 Å². The molecule has 8 heteroatoms. The minimum atomic E-state index is -0.657. The number of hydrogen-bond acceptors (Lipinski definition) is 6. The van der Waals surface area contributed by atoms with Crippen molar-refractivity contribution in [2.24, 2.45) is 11.8 Å². The predicted octanol–water partition coefficient (Wildman–Crippen LogP) is 4.11. The van der Waals surface area contributed by atoms with Crippen LogP contribution in [-0.4, -0.2) is 56.6 Å². The zero-order chi connectivity index (χ0) is 24.7. The molecule has 0 bridgehead atoms. The highest BCUT2D eigenvalue weighted by Crippen LogP contribution is 2.29. The smallest absolute Gasteiger partial charge is 0.252 e. The fourth-order valence-electron chi connectivity index (χ4n) is 4.24. The zero-order valence-corrected chi connectivity index (χ0v) is 21.6. The number of thiophene rings is 1. The summed E-state index contributed by atoms with van der Waals surface area (Å²) in [4.78, 5) is 29.9. The van der Waals surface area contributed by atoms with E-state index in [-0.39, 0.29) is 23.8 Å². The standard InChI is InChI=1S/C26H37N3O4S/c1-17(2)24(28-25(30)19-13-20(32-4)15-21(14-19)33-5)26(31)27-16-22(23-7-6-12-34-23)29-10-8-18(3)9-11-29/h6-7,12-15,17-18,22,24H,8-11,16H2,1-5H3,(H,27,31)(H,28,30)/t22-,24+/m0/s1. The molecule has 0 unspecified atom stereocenters. The van der Waals surface area contributed by atoms with Gasteiger partial charge in [-0.05, 0) is 61.3 Å². The number of nitrogens with zero attached hydrogens (tertiary/aromatic N) is 1. The van der Waals surface area contributed by atoms with E-state index in [1.54, 1.807) is 29.5 Å². The third-order valence-electron chi connectivity index (χ3n) is 6.45. The number of ether oxygens (including phenoxy) is 2. The number of carbonyl (C=O) groups is 2. The molecule has 2 atom stereocenters. The van der Waals surface area contributed by atoms with E-state index in [9.17, 15) is 9.59 Å². The molecule has 0 spiro atoms. The van der Waals surface area contributed by atoms with Crippen molar-refractivity contribution >= 4 is 23.2 Å². The van der Waals surface area contributed by atoms with Crippen LogP contribution in [0.5, 0.6) is 11.5 Å². The van der Waals surface area contributed by atoms with E-state index in [2.05, 4.69) is 40.0 Å². The Morgan fingerprint density at radius 3 is 2.29 bits per heavy atom. The van der Waals surface area contributed by atoms with Gasteiger partial charge in [-0.25, -0.2) is 0 Å². The normalized spacial score (nSPS) is 16.6. The molecule has 3 rings (SSSR count). The number of methoxy groups -OCH3 is 2. The Kier molecular flexibility index (Phi) is 9.36. The molecule has 1 fully saturated rings. The van der Waals surface area contributed by atoms with Crippen molar-refractivity contribution < 1.29 is 19.1 Å². The molecule has 0 aliphatic carbocycles. The summed E-state index contributed by atoms with van der Waals surface area (Å²) in [6.07, 6.45) is 2.34. The van der Waals surface area contributed by atoms with Gasteiger partial charge in [0.05, 0.1) is 20.3 Å². The van der Waals surface area contributed by atoms with Gasteiger partial charge in [0, 0.05) is 23.1 Å². The third kappa shape index (κ3) is 6.73. The molecule has 0 saturated carbocycles. The van der Waals surface area contributed by atoms with Crippen LogP contribution in [0.3, 0.4) is 0 Å². The van der Waals surface area contributed by atoms with Gasteiger partial charge in [0.25, 0.3) is 5.91 Å². The Labute approximate surface area is 206 Å². The van der Waals surface area contributed by atoms with E-state index in [1.165, 1.54) is 31.9 Å². The van der Waals surface area contributed by atoms with Crippen molar-refractivity contribution in [3.63, 3.8) is 0 Å². The maximum Gasteiger partial charge on any atom is 0.252 e. The van der Waals surface area contributed by atoms with Gasteiger partial charge in [-0.15, -0.1) is 11.3 Å². The van der Waals surface area contributed by atoms with E-state index in [1.807, 2.05) is 13.8 Å². The largest absolute Gasteiger partial charge is 0.497 e. The van der Waals surface area contributed by atoms with Crippen molar-refractivity contribution in [2.45, 2.75) is 45.7 Å². The lowest BCUT2D eigenvalue weighted by Gasteiger charge is -2.36. The summed E-state index contributed by atoms with van der Waals surface area (Å²) in [6.45, 7) is 8.73. The number of carbonyl (C=O) groups excluding carboxylic acids is 2. The molecule has 1 aromatic heterocycles. The minimum absolute atomic E-state index is 0.0764. The van der Waals surface area contributed by atoms with Crippen molar-refractivity contribution in [1.82, 2.24) is 15.5 Å². The molecule has 1 aliphatic rings. The molecule has 34 heavy (non-hydrogen) atoms. The van der Waals surface area contributed by atoms with Gasteiger partial charge in [-0.2, -0.15) is 0 Å². The van der Waals surface area contributed by atoms with Crippen molar-refractivity contribution in [3.05, 3.63) is 46.2 Å².